The lowest BCUT2D eigenvalue weighted by atomic mass is 9.97. The van der Waals surface area contributed by atoms with Crippen molar-refractivity contribution in [2.24, 2.45) is 0 Å². The molecule has 1 fully saturated rings. The Morgan fingerprint density at radius 1 is 1.00 bits per heavy atom. The highest BCUT2D eigenvalue weighted by Crippen LogP contribution is 2.32. The molecule has 3 aromatic rings. The summed E-state index contributed by atoms with van der Waals surface area (Å²) in [5.74, 6) is 0.588. The minimum atomic E-state index is -0.268. The van der Waals surface area contributed by atoms with E-state index in [0.717, 1.165) is 29.8 Å². The van der Waals surface area contributed by atoms with E-state index in [-0.39, 0.29) is 6.09 Å². The van der Waals surface area contributed by atoms with Crippen molar-refractivity contribution in [1.82, 2.24) is 10.1 Å². The van der Waals surface area contributed by atoms with Crippen LogP contribution in [0.1, 0.15) is 11.1 Å². The van der Waals surface area contributed by atoms with E-state index in [4.69, 9.17) is 9.26 Å². The Hall–Kier alpha value is -3.35. The molecule has 3 heterocycles. The van der Waals surface area contributed by atoms with Gasteiger partial charge in [-0.3, -0.25) is 4.90 Å². The van der Waals surface area contributed by atoms with Crippen molar-refractivity contribution in [1.29, 1.82) is 0 Å². The van der Waals surface area contributed by atoms with Crippen molar-refractivity contribution in [3.63, 3.8) is 0 Å². The number of carbonyl (C=O) groups excluding carboxylic acids is 1. The Morgan fingerprint density at radius 3 is 2.70 bits per heavy atom. The van der Waals surface area contributed by atoms with Gasteiger partial charge in [0.25, 0.3) is 0 Å². The Balaban J connectivity index is 1.41. The average Bonchev–Trinajstić information content (AvgIpc) is 3.37. The second-order valence-electron chi connectivity index (χ2n) is 6.62. The molecule has 7 nitrogen and oxygen atoms in total. The van der Waals surface area contributed by atoms with Gasteiger partial charge in [0.1, 0.15) is 6.61 Å². The SMILES string of the molecule is O=C1OCCN1c1cccc2c1CCN(c1nc(-c3ccccc3)no1)C2. The normalized spacial score (nSPS) is 16.4. The molecule has 1 aromatic heterocycles. The monoisotopic (exact) mass is 362 g/mol. The van der Waals surface area contributed by atoms with E-state index >= 15 is 0 Å². The summed E-state index contributed by atoms with van der Waals surface area (Å²) in [6, 6.07) is 16.4. The second-order valence-corrected chi connectivity index (χ2v) is 6.62. The number of ether oxygens (including phenoxy) is 1. The topological polar surface area (TPSA) is 71.7 Å². The number of benzene rings is 2. The van der Waals surface area contributed by atoms with E-state index in [1.165, 1.54) is 5.56 Å². The van der Waals surface area contributed by atoms with Crippen molar-refractivity contribution in [2.75, 3.05) is 29.5 Å². The first-order valence-electron chi connectivity index (χ1n) is 8.99. The molecule has 0 N–H and O–H groups in total. The van der Waals surface area contributed by atoms with Crippen LogP contribution in [0.25, 0.3) is 11.4 Å². The van der Waals surface area contributed by atoms with Crippen LogP contribution < -0.4 is 9.80 Å². The molecule has 2 aliphatic heterocycles. The summed E-state index contributed by atoms with van der Waals surface area (Å²) in [5, 5.41) is 4.11. The van der Waals surface area contributed by atoms with E-state index in [1.54, 1.807) is 4.90 Å². The van der Waals surface area contributed by atoms with E-state index < -0.39 is 0 Å². The quantitative estimate of drug-likeness (QED) is 0.712. The highest BCUT2D eigenvalue weighted by atomic mass is 16.6. The number of hydrogen-bond acceptors (Lipinski definition) is 6. The molecular formula is C20H18N4O3. The number of cyclic esters (lactones) is 1. The maximum atomic E-state index is 11.9. The fourth-order valence-electron chi connectivity index (χ4n) is 3.67. The van der Waals surface area contributed by atoms with Gasteiger partial charge in [-0.05, 0) is 23.6 Å². The van der Waals surface area contributed by atoms with Crippen LogP contribution >= 0.6 is 0 Å². The lowest BCUT2D eigenvalue weighted by molar-refractivity contribution is 0.181. The zero-order chi connectivity index (χ0) is 18.2. The summed E-state index contributed by atoms with van der Waals surface area (Å²) >= 11 is 0. The number of anilines is 2. The summed E-state index contributed by atoms with van der Waals surface area (Å²) < 4.78 is 10.6. The Morgan fingerprint density at radius 2 is 1.89 bits per heavy atom. The largest absolute Gasteiger partial charge is 0.447 e. The highest BCUT2D eigenvalue weighted by molar-refractivity contribution is 5.90. The number of amides is 1. The van der Waals surface area contributed by atoms with Crippen molar-refractivity contribution >= 4 is 17.8 Å². The molecule has 0 spiro atoms. The van der Waals surface area contributed by atoms with Crippen LogP contribution in [-0.2, 0) is 17.7 Å². The summed E-state index contributed by atoms with van der Waals surface area (Å²) in [6.45, 7) is 2.47. The second kappa shape index (κ2) is 6.42. The van der Waals surface area contributed by atoms with Gasteiger partial charge in [0.2, 0.25) is 5.82 Å². The van der Waals surface area contributed by atoms with Gasteiger partial charge in [-0.25, -0.2) is 4.79 Å². The third-order valence-electron chi connectivity index (χ3n) is 5.01. The van der Waals surface area contributed by atoms with Gasteiger partial charge < -0.3 is 14.2 Å². The fraction of sp³-hybridized carbons (Fsp3) is 0.250. The van der Waals surface area contributed by atoms with Gasteiger partial charge in [0, 0.05) is 18.7 Å². The van der Waals surface area contributed by atoms with Gasteiger partial charge in [0.05, 0.1) is 12.2 Å². The van der Waals surface area contributed by atoms with Gasteiger partial charge in [-0.15, -0.1) is 0 Å². The maximum Gasteiger partial charge on any atom is 0.414 e. The lowest BCUT2D eigenvalue weighted by Gasteiger charge is -2.29. The average molecular weight is 362 g/mol. The molecule has 27 heavy (non-hydrogen) atoms. The molecule has 0 saturated carbocycles. The van der Waals surface area contributed by atoms with Crippen LogP contribution in [-0.4, -0.2) is 35.9 Å². The molecule has 2 aromatic carbocycles. The molecule has 1 amide bonds. The molecule has 2 aliphatic rings. The zero-order valence-electron chi connectivity index (χ0n) is 14.7. The minimum absolute atomic E-state index is 0.268. The van der Waals surface area contributed by atoms with Crippen LogP contribution in [0, 0.1) is 0 Å². The Kier molecular flexibility index (Phi) is 3.78. The van der Waals surface area contributed by atoms with Gasteiger partial charge >= 0.3 is 12.1 Å². The van der Waals surface area contributed by atoms with Crippen LogP contribution in [0.2, 0.25) is 0 Å². The molecule has 0 bridgehead atoms. The Labute approximate surface area is 156 Å². The number of nitrogens with zero attached hydrogens (tertiary/aromatic N) is 4. The standard InChI is InChI=1S/C20H18N4O3/c25-20-24(11-12-26-20)17-8-4-7-15-13-23(10-9-16(15)17)19-21-18(22-27-19)14-5-2-1-3-6-14/h1-8H,9-13H2. The molecular weight excluding hydrogens is 344 g/mol. The van der Waals surface area contributed by atoms with Crippen LogP contribution in [0.5, 0.6) is 0 Å². The van der Waals surface area contributed by atoms with Gasteiger partial charge in [-0.2, -0.15) is 4.98 Å². The first-order valence-corrected chi connectivity index (χ1v) is 8.99. The number of carbonyl (C=O) groups is 1. The first kappa shape index (κ1) is 15.9. The molecule has 0 aliphatic carbocycles. The number of aromatic nitrogens is 2. The van der Waals surface area contributed by atoms with Crippen LogP contribution in [0.3, 0.4) is 0 Å². The molecule has 136 valence electrons. The van der Waals surface area contributed by atoms with E-state index in [2.05, 4.69) is 21.1 Å². The highest BCUT2D eigenvalue weighted by Gasteiger charge is 2.29. The zero-order valence-corrected chi connectivity index (χ0v) is 14.7. The molecule has 7 heteroatoms. The third kappa shape index (κ3) is 2.81. The van der Waals surface area contributed by atoms with Crippen molar-refractivity contribution < 1.29 is 14.1 Å². The minimum Gasteiger partial charge on any atom is -0.447 e. The van der Waals surface area contributed by atoms with Crippen molar-refractivity contribution in [3.05, 3.63) is 59.7 Å². The van der Waals surface area contributed by atoms with E-state index in [0.29, 0.717) is 31.5 Å². The van der Waals surface area contributed by atoms with Crippen LogP contribution in [0.4, 0.5) is 16.5 Å². The Bertz CT molecular complexity index is 986. The summed E-state index contributed by atoms with van der Waals surface area (Å²) in [7, 11) is 0. The van der Waals surface area contributed by atoms with Gasteiger partial charge in [-0.1, -0.05) is 47.6 Å². The molecule has 0 unspecified atom stereocenters. The lowest BCUT2D eigenvalue weighted by Crippen LogP contribution is -2.33. The van der Waals surface area contributed by atoms with Crippen molar-refractivity contribution in [2.45, 2.75) is 13.0 Å². The number of hydrogen-bond donors (Lipinski definition) is 0. The molecule has 5 rings (SSSR count). The first-order chi connectivity index (χ1) is 13.3. The predicted octanol–water partition coefficient (Wildman–Crippen LogP) is 3.26. The summed E-state index contributed by atoms with van der Waals surface area (Å²) in [6.07, 6.45) is 0.536. The third-order valence-corrected chi connectivity index (χ3v) is 5.01. The predicted molar refractivity (Wildman–Crippen MR) is 99.6 cm³/mol. The van der Waals surface area contributed by atoms with E-state index in [9.17, 15) is 4.79 Å². The maximum absolute atomic E-state index is 11.9. The number of rotatable bonds is 3. The summed E-state index contributed by atoms with van der Waals surface area (Å²) in [5.41, 5.74) is 4.23. The van der Waals surface area contributed by atoms with Crippen LogP contribution in [0.15, 0.2) is 53.1 Å². The van der Waals surface area contributed by atoms with Gasteiger partial charge in [0.15, 0.2) is 0 Å². The van der Waals surface area contributed by atoms with E-state index in [1.807, 2.05) is 42.5 Å². The number of fused-ring (bicyclic) bond motifs is 1. The molecule has 0 atom stereocenters. The smallest absolute Gasteiger partial charge is 0.414 e. The fourth-order valence-corrected chi connectivity index (χ4v) is 3.67. The molecule has 1 saturated heterocycles. The van der Waals surface area contributed by atoms with Crippen molar-refractivity contribution in [3.8, 4) is 11.4 Å². The summed E-state index contributed by atoms with van der Waals surface area (Å²) in [4.78, 5) is 20.3. The molecule has 0 radical (unpaired) electrons.